The molecule has 0 saturated heterocycles. The van der Waals surface area contributed by atoms with Gasteiger partial charge < -0.3 is 29.6 Å². The molecule has 0 bridgehead atoms. The van der Waals surface area contributed by atoms with Crippen LogP contribution in [0.15, 0.2) is 23.7 Å². The number of halogens is 6. The van der Waals surface area contributed by atoms with E-state index in [1.54, 1.807) is 34.6 Å². The van der Waals surface area contributed by atoms with E-state index in [1.165, 1.54) is 19.3 Å². The first-order valence-electron chi connectivity index (χ1n) is 18.9. The second kappa shape index (κ2) is 21.4. The molecule has 4 atom stereocenters. The maximum absolute atomic E-state index is 14.0. The van der Waals surface area contributed by atoms with Crippen molar-refractivity contribution in [2.24, 2.45) is 11.8 Å². The third-order valence-corrected chi connectivity index (χ3v) is 9.87. The summed E-state index contributed by atoms with van der Waals surface area (Å²) < 4.78 is 19.0. The number of rotatable bonds is 18. The smallest absolute Gasteiger partial charge is 0.408 e. The summed E-state index contributed by atoms with van der Waals surface area (Å²) in [4.78, 5) is 82.4. The van der Waals surface area contributed by atoms with Gasteiger partial charge in [0, 0.05) is 18.6 Å². The Morgan fingerprint density at radius 2 is 1.07 bits per heavy atom. The van der Waals surface area contributed by atoms with Crippen LogP contribution in [0.4, 0.5) is 9.59 Å². The quantitative estimate of drug-likeness (QED) is 0.127. The zero-order valence-electron chi connectivity index (χ0n) is 34.5. The molecule has 0 spiro atoms. The van der Waals surface area contributed by atoms with Gasteiger partial charge in [0.15, 0.2) is 7.59 Å². The van der Waals surface area contributed by atoms with E-state index in [9.17, 15) is 28.8 Å². The maximum Gasteiger partial charge on any atom is 0.408 e. The van der Waals surface area contributed by atoms with Crippen LogP contribution in [0.3, 0.4) is 0 Å². The Bertz CT molecular complexity index is 1570. The largest absolute Gasteiger partial charge is 0.499 e. The van der Waals surface area contributed by atoms with E-state index in [2.05, 4.69) is 10.6 Å². The first-order chi connectivity index (χ1) is 26.4. The van der Waals surface area contributed by atoms with Crippen LogP contribution in [0, 0.1) is 11.8 Å². The normalized spacial score (nSPS) is 18.9. The number of alkyl halides is 6. The molecule has 20 heteroatoms. The van der Waals surface area contributed by atoms with Crippen LogP contribution < -0.4 is 10.6 Å². The zero-order valence-corrected chi connectivity index (χ0v) is 39.1. The minimum atomic E-state index is -1.76. The monoisotopic (exact) mass is 938 g/mol. The minimum absolute atomic E-state index is 0.00861. The summed E-state index contributed by atoms with van der Waals surface area (Å²) in [6, 6.07) is -4.12. The SMILES string of the molecule is COC1=CC(=O)N(C(=O)C(CCC(Cl)(Cl)Cl)NC(=O)OC(C)(C)CCOC2=CC(=O)N(C(=O)C(CCC(Cl)(Cl)Cl)NC(=O)OC(C)(C)C)C2CC(C)C)C1CC(C)C. The summed E-state index contributed by atoms with van der Waals surface area (Å²) in [5.41, 5.74) is -2.08. The lowest BCUT2D eigenvalue weighted by Gasteiger charge is -2.32. The van der Waals surface area contributed by atoms with Crippen molar-refractivity contribution in [2.75, 3.05) is 13.7 Å². The van der Waals surface area contributed by atoms with Crippen LogP contribution in [-0.4, -0.2) is 102 Å². The molecule has 0 saturated carbocycles. The second-order valence-corrected chi connectivity index (χ2v) is 21.7. The van der Waals surface area contributed by atoms with Gasteiger partial charge in [0.05, 0.1) is 25.8 Å². The Kier molecular flexibility index (Phi) is 19.1. The van der Waals surface area contributed by atoms with Crippen molar-refractivity contribution in [2.45, 2.75) is 150 Å². The average molecular weight is 942 g/mol. The van der Waals surface area contributed by atoms with Gasteiger partial charge in [-0.05, 0) is 85.0 Å². The van der Waals surface area contributed by atoms with Crippen LogP contribution in [-0.2, 0) is 38.1 Å². The molecule has 330 valence electrons. The molecule has 6 amide bonds. The van der Waals surface area contributed by atoms with Crippen molar-refractivity contribution in [3.05, 3.63) is 23.7 Å². The number of nitrogens with zero attached hydrogens (tertiary/aromatic N) is 2. The summed E-state index contributed by atoms with van der Waals surface area (Å²) >= 11 is 35.9. The van der Waals surface area contributed by atoms with Gasteiger partial charge in [-0.2, -0.15) is 0 Å². The highest BCUT2D eigenvalue weighted by Crippen LogP contribution is 2.35. The Balaban J connectivity index is 2.21. The van der Waals surface area contributed by atoms with E-state index in [0.29, 0.717) is 18.6 Å². The molecule has 2 aliphatic rings. The van der Waals surface area contributed by atoms with Crippen molar-refractivity contribution < 1.29 is 47.7 Å². The number of imide groups is 2. The van der Waals surface area contributed by atoms with Crippen molar-refractivity contribution in [3.8, 4) is 0 Å². The topological polar surface area (TPSA) is 170 Å². The molecule has 58 heavy (non-hydrogen) atoms. The lowest BCUT2D eigenvalue weighted by Crippen LogP contribution is -2.53. The van der Waals surface area contributed by atoms with E-state index >= 15 is 0 Å². The van der Waals surface area contributed by atoms with E-state index in [1.807, 2.05) is 27.7 Å². The van der Waals surface area contributed by atoms with Crippen molar-refractivity contribution in [1.82, 2.24) is 20.4 Å². The summed E-state index contributed by atoms with van der Waals surface area (Å²) in [7, 11) is 1.40. The van der Waals surface area contributed by atoms with Crippen molar-refractivity contribution in [1.29, 1.82) is 0 Å². The predicted octanol–water partition coefficient (Wildman–Crippen LogP) is 8.44. The van der Waals surface area contributed by atoms with Gasteiger partial charge in [-0.1, -0.05) is 97.3 Å². The number of carbonyl (C=O) groups is 6. The fourth-order valence-corrected chi connectivity index (χ4v) is 6.79. The zero-order chi connectivity index (χ0) is 44.6. The second-order valence-electron chi connectivity index (χ2n) is 16.6. The third-order valence-electron chi connectivity index (χ3n) is 8.74. The first kappa shape index (κ1) is 51.8. The number of alkyl carbamates (subject to hydrolysis) is 2. The first-order valence-corrected chi connectivity index (χ1v) is 21.2. The van der Waals surface area contributed by atoms with Gasteiger partial charge in [0.1, 0.15) is 34.8 Å². The Hall–Kier alpha value is -2.36. The number of amides is 6. The Morgan fingerprint density at radius 1 is 0.672 bits per heavy atom. The van der Waals surface area contributed by atoms with Gasteiger partial charge in [-0.15, -0.1) is 0 Å². The number of nitrogens with one attached hydrogen (secondary N) is 2. The molecule has 0 aromatic carbocycles. The van der Waals surface area contributed by atoms with Gasteiger partial charge in [-0.3, -0.25) is 29.0 Å². The molecule has 2 aliphatic heterocycles. The standard InChI is InChI=1S/C38H56Cl6N4O10/c1-21(2)17-25-27(55-10)19-29(49)47(25)31(51)24(12-14-38(42,43)44)46-34(54)58-36(8,9)15-16-56-28-20-30(50)48(26(28)18-22(3)4)32(52)23(11-13-37(39,40)41)45-33(53)57-35(5,6)7/h19-26H,11-18H2,1-10H3,(H,45,53)(H,46,54). The molecule has 14 nitrogen and oxygen atoms in total. The van der Waals surface area contributed by atoms with Crippen LogP contribution in [0.5, 0.6) is 0 Å². The fraction of sp³-hybridized carbons (Fsp3) is 0.737. The molecule has 0 fully saturated rings. The van der Waals surface area contributed by atoms with Gasteiger partial charge in [0.25, 0.3) is 23.6 Å². The summed E-state index contributed by atoms with van der Waals surface area (Å²) in [6.07, 6.45) is 0.864. The lowest BCUT2D eigenvalue weighted by molar-refractivity contribution is -0.146. The Morgan fingerprint density at radius 3 is 1.45 bits per heavy atom. The molecule has 2 rings (SSSR count). The Labute approximate surface area is 371 Å². The summed E-state index contributed by atoms with van der Waals surface area (Å²) in [6.45, 7) is 15.8. The molecule has 2 N–H and O–H groups in total. The highest BCUT2D eigenvalue weighted by atomic mass is 35.6. The fourth-order valence-electron chi connectivity index (χ4n) is 6.13. The highest BCUT2D eigenvalue weighted by molar-refractivity contribution is 6.68. The molecule has 0 radical (unpaired) electrons. The lowest BCUT2D eigenvalue weighted by atomic mass is 10.0. The summed E-state index contributed by atoms with van der Waals surface area (Å²) in [5, 5.41) is 5.05. The minimum Gasteiger partial charge on any atom is -0.499 e. The maximum atomic E-state index is 14.0. The van der Waals surface area contributed by atoms with Crippen LogP contribution in [0.1, 0.15) is 107 Å². The van der Waals surface area contributed by atoms with Crippen LogP contribution in [0.2, 0.25) is 0 Å². The van der Waals surface area contributed by atoms with Gasteiger partial charge in [-0.25, -0.2) is 9.59 Å². The molecular weight excluding hydrogens is 885 g/mol. The number of hydrogen-bond donors (Lipinski definition) is 2. The van der Waals surface area contributed by atoms with Gasteiger partial charge in [0.2, 0.25) is 0 Å². The number of methoxy groups -OCH3 is 1. The highest BCUT2D eigenvalue weighted by Gasteiger charge is 2.44. The molecule has 4 unspecified atom stereocenters. The van der Waals surface area contributed by atoms with E-state index in [0.717, 1.165) is 9.80 Å². The molecule has 2 heterocycles. The van der Waals surface area contributed by atoms with Gasteiger partial charge >= 0.3 is 12.2 Å². The molecule has 0 aromatic rings. The van der Waals surface area contributed by atoms with E-state index in [-0.39, 0.29) is 56.3 Å². The third kappa shape index (κ3) is 17.3. The van der Waals surface area contributed by atoms with Crippen molar-refractivity contribution in [3.63, 3.8) is 0 Å². The number of ether oxygens (including phenoxy) is 4. The predicted molar refractivity (Wildman–Crippen MR) is 224 cm³/mol. The number of carbonyl (C=O) groups excluding carboxylic acids is 6. The van der Waals surface area contributed by atoms with E-state index in [4.69, 9.17) is 88.6 Å². The van der Waals surface area contributed by atoms with Crippen LogP contribution >= 0.6 is 69.6 Å². The molecule has 0 aliphatic carbocycles. The summed E-state index contributed by atoms with van der Waals surface area (Å²) in [5.74, 6) is -2.16. The molecule has 0 aromatic heterocycles. The van der Waals surface area contributed by atoms with Crippen LogP contribution in [0.25, 0.3) is 0 Å². The number of hydrogen-bond acceptors (Lipinski definition) is 10. The van der Waals surface area contributed by atoms with E-state index < -0.39 is 78.8 Å². The average Bonchev–Trinajstić information content (AvgIpc) is 3.51. The van der Waals surface area contributed by atoms with Crippen molar-refractivity contribution >= 4 is 105 Å². The molecular formula is C38H56Cl6N4O10.